The van der Waals surface area contributed by atoms with Gasteiger partial charge in [-0.1, -0.05) is 60.7 Å². The maximum Gasteiger partial charge on any atom is 0.418 e. The first-order valence-electron chi connectivity index (χ1n) is 17.1. The molecule has 0 saturated carbocycles. The maximum atomic E-state index is 13.0. The number of benzene rings is 2. The molecule has 0 heterocycles. The second-order valence-corrected chi connectivity index (χ2v) is 12.3. The predicted octanol–water partition coefficient (Wildman–Crippen LogP) is -1.69. The summed E-state index contributed by atoms with van der Waals surface area (Å²) in [5, 5.41) is 55.3. The largest absolute Gasteiger partial charge is 0.481 e. The summed E-state index contributed by atoms with van der Waals surface area (Å²) in [4.78, 5) is 168. The van der Waals surface area contributed by atoms with Crippen LogP contribution < -0.4 is 0 Å². The average Bonchev–Trinajstić information content (AvgIpc) is 3.19. The van der Waals surface area contributed by atoms with Gasteiger partial charge in [0.15, 0.2) is 11.2 Å². The lowest BCUT2D eigenvalue weighted by molar-refractivity contribution is -0.185. The Labute approximate surface area is 354 Å². The Hall–Kier alpha value is -8.78. The zero-order chi connectivity index (χ0) is 48.4. The molecule has 0 aliphatic carbocycles. The zero-order valence-electron chi connectivity index (χ0n) is 31.9. The summed E-state index contributed by atoms with van der Waals surface area (Å²) in [5.41, 5.74) is -6.86. The molecule has 26 nitrogen and oxygen atoms in total. The topological polar surface area (TPSA) is 416 Å². The number of rotatable bonds is 20. The third-order valence-electron chi connectivity index (χ3n) is 7.35. The summed E-state index contributed by atoms with van der Waals surface area (Å²) in [6.45, 7) is 0. The fraction of sp³-hybridized carbons (Fsp3) is 0.211. The minimum Gasteiger partial charge on any atom is -0.481 e. The molecule has 0 bridgehead atoms. The second kappa shape index (κ2) is 23.3. The number of aliphatic carboxylic acids is 4. The number of ether oxygens (including phenoxy) is 6. The van der Waals surface area contributed by atoms with Crippen molar-refractivity contribution in [2.24, 2.45) is 0 Å². The van der Waals surface area contributed by atoms with Crippen LogP contribution in [0.15, 0.2) is 85.0 Å². The fourth-order valence-electron chi connectivity index (χ4n) is 4.49. The number of esters is 10. The van der Waals surface area contributed by atoms with Gasteiger partial charge in [0, 0.05) is 35.4 Å². The van der Waals surface area contributed by atoms with Gasteiger partial charge in [-0.3, -0.25) is 19.2 Å². The molecule has 338 valence electrons. The van der Waals surface area contributed by atoms with E-state index in [0.717, 1.165) is 24.3 Å². The Kier molecular flexibility index (Phi) is 18.7. The van der Waals surface area contributed by atoms with Crippen LogP contribution in [0, 0.1) is 0 Å². The molecule has 64 heavy (non-hydrogen) atoms. The van der Waals surface area contributed by atoms with Gasteiger partial charge in [0.2, 0.25) is 12.2 Å². The van der Waals surface area contributed by atoms with Gasteiger partial charge in [0.05, 0.1) is 25.7 Å². The fourth-order valence-corrected chi connectivity index (χ4v) is 4.49. The van der Waals surface area contributed by atoms with Crippen LogP contribution in [0.1, 0.15) is 49.0 Å². The third-order valence-corrected chi connectivity index (χ3v) is 7.35. The van der Waals surface area contributed by atoms with Gasteiger partial charge in [-0.25, -0.2) is 47.9 Å². The normalized spacial score (nSPS) is 13.6. The number of aliphatic hydroxyl groups is 2. The molecule has 2 aromatic rings. The summed E-state index contributed by atoms with van der Waals surface area (Å²) in [7, 11) is 0. The summed E-state index contributed by atoms with van der Waals surface area (Å²) in [6, 6.07) is 12.6. The van der Waals surface area contributed by atoms with Gasteiger partial charge in [-0.05, 0) is 0 Å². The van der Waals surface area contributed by atoms with Crippen molar-refractivity contribution in [1.82, 2.24) is 0 Å². The van der Waals surface area contributed by atoms with Crippen molar-refractivity contribution < 1.29 is 126 Å². The van der Waals surface area contributed by atoms with Crippen molar-refractivity contribution >= 4 is 83.6 Å². The van der Waals surface area contributed by atoms with Gasteiger partial charge < -0.3 is 59.1 Å². The highest BCUT2D eigenvalue weighted by Crippen LogP contribution is 2.24. The average molecular weight is 903 g/mol. The first kappa shape index (κ1) is 51.4. The molecule has 4 atom stereocenters. The van der Waals surface area contributed by atoms with Crippen molar-refractivity contribution in [3.05, 3.63) is 96.1 Å². The van der Waals surface area contributed by atoms with E-state index >= 15 is 0 Å². The van der Waals surface area contributed by atoms with E-state index in [-0.39, 0.29) is 35.4 Å². The van der Waals surface area contributed by atoms with Crippen molar-refractivity contribution in [2.45, 2.75) is 49.1 Å². The Balaban J connectivity index is 2.15. The lowest BCUT2D eigenvalue weighted by Crippen LogP contribution is -2.43. The molecule has 0 amide bonds. The minimum atomic E-state index is -3.18. The Morgan fingerprint density at radius 3 is 0.984 bits per heavy atom. The minimum absolute atomic E-state index is 0.179. The molecule has 0 aromatic heterocycles. The summed E-state index contributed by atoms with van der Waals surface area (Å²) < 4.78 is 27.1. The molecule has 2 aromatic carbocycles. The van der Waals surface area contributed by atoms with E-state index in [1.165, 1.54) is 36.4 Å². The first-order valence-corrected chi connectivity index (χ1v) is 17.1. The van der Waals surface area contributed by atoms with E-state index in [2.05, 4.69) is 18.9 Å². The van der Waals surface area contributed by atoms with Gasteiger partial charge in [-0.2, -0.15) is 0 Å². The molecular formula is C38H30O26. The molecule has 0 saturated heterocycles. The first-order chi connectivity index (χ1) is 29.8. The Bertz CT molecular complexity index is 2120. The molecule has 6 N–H and O–H groups in total. The van der Waals surface area contributed by atoms with E-state index < -0.39 is 133 Å². The van der Waals surface area contributed by atoms with Crippen LogP contribution in [0.5, 0.6) is 0 Å². The number of hydrogen-bond acceptors (Lipinski definition) is 22. The highest BCUT2D eigenvalue weighted by molar-refractivity contribution is 6.30. The van der Waals surface area contributed by atoms with Crippen molar-refractivity contribution in [3.8, 4) is 0 Å². The molecular weight excluding hydrogens is 872 g/mol. The van der Waals surface area contributed by atoms with Crippen LogP contribution in [-0.4, -0.2) is 125 Å². The quantitative estimate of drug-likeness (QED) is 0.0284. The highest BCUT2D eigenvalue weighted by atomic mass is 16.7. The van der Waals surface area contributed by atoms with Crippen molar-refractivity contribution in [2.75, 3.05) is 0 Å². The Morgan fingerprint density at radius 2 is 0.719 bits per heavy atom. The second-order valence-electron chi connectivity index (χ2n) is 12.3. The van der Waals surface area contributed by atoms with Gasteiger partial charge in [-0.15, -0.1) is 0 Å². The SMILES string of the molecule is O=C(O)CC(O)(CC(=O)OC(=O)/C=C/C(=O)OC(=O)C(OC(=O)C(=O)OC(C(=O)OC(=O)/C=C/C(=O)OC(=O)CC(O)(CC(=O)O)C(=O)O)c1ccccc1)c1ccccc1)C(=O)O. The summed E-state index contributed by atoms with van der Waals surface area (Å²) in [6.07, 6.45) is -9.79. The molecule has 0 aliphatic heterocycles. The highest BCUT2D eigenvalue weighted by Gasteiger charge is 2.43. The lowest BCUT2D eigenvalue weighted by atomic mass is 9.96. The van der Waals surface area contributed by atoms with Gasteiger partial charge in [0.25, 0.3) is 0 Å². The Morgan fingerprint density at radius 1 is 0.438 bits per heavy atom. The molecule has 26 heteroatoms. The smallest absolute Gasteiger partial charge is 0.418 e. The number of carbonyl (C=O) groups excluding carboxylic acids is 10. The van der Waals surface area contributed by atoms with E-state index in [4.69, 9.17) is 29.9 Å². The van der Waals surface area contributed by atoms with E-state index in [1.807, 2.05) is 0 Å². The molecule has 4 unspecified atom stereocenters. The van der Waals surface area contributed by atoms with Crippen LogP contribution in [-0.2, 0) is 95.5 Å². The monoisotopic (exact) mass is 902 g/mol. The van der Waals surface area contributed by atoms with Crippen LogP contribution in [0.25, 0.3) is 0 Å². The molecule has 0 radical (unpaired) electrons. The van der Waals surface area contributed by atoms with Crippen molar-refractivity contribution in [1.29, 1.82) is 0 Å². The molecule has 0 aliphatic rings. The number of hydrogen-bond donors (Lipinski definition) is 6. The van der Waals surface area contributed by atoms with E-state index in [0.29, 0.717) is 0 Å². The lowest BCUT2D eigenvalue weighted by Gasteiger charge is -2.19. The van der Waals surface area contributed by atoms with Crippen LogP contribution in [0.3, 0.4) is 0 Å². The van der Waals surface area contributed by atoms with Crippen LogP contribution in [0.2, 0.25) is 0 Å². The molecule has 0 spiro atoms. The van der Waals surface area contributed by atoms with Crippen LogP contribution >= 0.6 is 0 Å². The molecule has 0 fully saturated rings. The zero-order valence-corrected chi connectivity index (χ0v) is 31.9. The van der Waals surface area contributed by atoms with Crippen molar-refractivity contribution in [3.63, 3.8) is 0 Å². The molecule has 2 rings (SSSR count). The summed E-state index contributed by atoms with van der Waals surface area (Å²) >= 11 is 0. The van der Waals surface area contributed by atoms with Gasteiger partial charge >= 0.3 is 83.6 Å². The number of carbonyl (C=O) groups is 14. The third kappa shape index (κ3) is 16.7. The maximum absolute atomic E-state index is 13.0. The number of carboxylic acids is 4. The predicted molar refractivity (Wildman–Crippen MR) is 192 cm³/mol. The van der Waals surface area contributed by atoms with E-state index in [1.54, 1.807) is 0 Å². The summed E-state index contributed by atoms with van der Waals surface area (Å²) in [5.74, 6) is -25.8. The standard InChI is InChI=1S/C38H30O26/c39-21(40)15-37(57,35(53)54)17-27(47)59-23(43)11-13-25(45)61-31(49)29(19-7-3-1-4-8-19)63-33(51)34(52)64-30(20-9-5-2-6-10-20)32(50)62-26(46)14-12-24(44)60-28(48)18-38(58,36(55)56)16-22(41)42/h1-14,29-30,57-58H,15-18H2,(H,39,40)(H,41,42)(H,53,54)(H,55,56)/b13-11+,14-12+. The van der Waals surface area contributed by atoms with Gasteiger partial charge in [0.1, 0.15) is 0 Å². The van der Waals surface area contributed by atoms with E-state index in [9.17, 15) is 77.3 Å². The number of carboxylic acid groups (broad SMARTS) is 4. The van der Waals surface area contributed by atoms with Crippen LogP contribution in [0.4, 0.5) is 0 Å².